The molecule has 0 aliphatic carbocycles. The molecule has 0 radical (unpaired) electrons. The lowest BCUT2D eigenvalue weighted by molar-refractivity contribution is -0.143. The molecule has 0 fully saturated rings. The molecule has 0 aromatic carbocycles. The summed E-state index contributed by atoms with van der Waals surface area (Å²) in [6, 6.07) is -0.337. The van der Waals surface area contributed by atoms with Crippen LogP contribution in [0.2, 0.25) is 0 Å². The van der Waals surface area contributed by atoms with E-state index in [2.05, 4.69) is 10.4 Å². The van der Waals surface area contributed by atoms with Gasteiger partial charge in [0.1, 0.15) is 12.6 Å². The number of aliphatic carboxylic acids is 1. The fraction of sp³-hybridized carbons (Fsp3) is 0.583. The summed E-state index contributed by atoms with van der Waals surface area (Å²) in [5.74, 6) is -2.19. The summed E-state index contributed by atoms with van der Waals surface area (Å²) in [7, 11) is 0. The summed E-state index contributed by atoms with van der Waals surface area (Å²) < 4.78 is 37.9. The van der Waals surface area contributed by atoms with E-state index in [-0.39, 0.29) is 5.92 Å². The summed E-state index contributed by atoms with van der Waals surface area (Å²) in [6.07, 6.45) is -3.03. The van der Waals surface area contributed by atoms with Crippen molar-refractivity contribution in [1.82, 2.24) is 15.1 Å². The molecule has 1 amide bonds. The Balaban J connectivity index is 2.68. The Morgan fingerprint density at radius 3 is 2.52 bits per heavy atom. The van der Waals surface area contributed by atoms with E-state index in [1.165, 1.54) is 0 Å². The smallest absolute Gasteiger partial charge is 0.435 e. The summed E-state index contributed by atoms with van der Waals surface area (Å²) in [5.41, 5.74) is -1.10. The minimum absolute atomic E-state index is 0.296. The monoisotopic (exact) mass is 307 g/mol. The van der Waals surface area contributed by atoms with Gasteiger partial charge in [0, 0.05) is 6.20 Å². The van der Waals surface area contributed by atoms with Crippen molar-refractivity contribution in [3.05, 3.63) is 18.0 Å². The summed E-state index contributed by atoms with van der Waals surface area (Å²) >= 11 is 0. The van der Waals surface area contributed by atoms with Gasteiger partial charge in [-0.2, -0.15) is 18.3 Å². The summed E-state index contributed by atoms with van der Waals surface area (Å²) in [6.45, 7) is 2.96. The first-order valence-electron chi connectivity index (χ1n) is 6.28. The van der Waals surface area contributed by atoms with Crippen LogP contribution in [0, 0.1) is 5.92 Å². The van der Waals surface area contributed by atoms with Crippen molar-refractivity contribution in [2.75, 3.05) is 0 Å². The number of alkyl halides is 3. The highest BCUT2D eigenvalue weighted by atomic mass is 19.4. The number of rotatable bonds is 6. The molecule has 6 nitrogen and oxygen atoms in total. The fourth-order valence-corrected chi connectivity index (χ4v) is 1.65. The van der Waals surface area contributed by atoms with Gasteiger partial charge in [-0.05, 0) is 12.0 Å². The molecule has 1 aromatic rings. The van der Waals surface area contributed by atoms with Gasteiger partial charge in [-0.15, -0.1) is 0 Å². The van der Waals surface area contributed by atoms with Crippen LogP contribution in [0.3, 0.4) is 0 Å². The van der Waals surface area contributed by atoms with E-state index in [1.807, 2.05) is 0 Å². The Hall–Kier alpha value is -2.06. The molecule has 1 heterocycles. The van der Waals surface area contributed by atoms with Crippen molar-refractivity contribution in [1.29, 1.82) is 0 Å². The van der Waals surface area contributed by atoms with Gasteiger partial charge in [0.05, 0.1) is 0 Å². The topological polar surface area (TPSA) is 84.2 Å². The van der Waals surface area contributed by atoms with E-state index in [9.17, 15) is 22.8 Å². The minimum atomic E-state index is -4.58. The van der Waals surface area contributed by atoms with Crippen LogP contribution in [0.25, 0.3) is 0 Å². The van der Waals surface area contributed by atoms with Gasteiger partial charge in [0.15, 0.2) is 5.69 Å². The van der Waals surface area contributed by atoms with Crippen LogP contribution < -0.4 is 5.32 Å². The van der Waals surface area contributed by atoms with Crippen LogP contribution in [0.15, 0.2) is 12.3 Å². The van der Waals surface area contributed by atoms with Crippen molar-refractivity contribution in [2.24, 2.45) is 5.92 Å². The number of hydrogen-bond acceptors (Lipinski definition) is 3. The Morgan fingerprint density at radius 1 is 1.48 bits per heavy atom. The molecule has 0 aliphatic rings. The van der Waals surface area contributed by atoms with Crippen molar-refractivity contribution in [2.45, 2.75) is 39.0 Å². The zero-order valence-electron chi connectivity index (χ0n) is 11.5. The van der Waals surface area contributed by atoms with E-state index >= 15 is 0 Å². The van der Waals surface area contributed by atoms with E-state index in [4.69, 9.17) is 5.11 Å². The normalized spacial score (nSPS) is 14.5. The van der Waals surface area contributed by atoms with Gasteiger partial charge in [0.2, 0.25) is 5.91 Å². The lowest BCUT2D eigenvalue weighted by Crippen LogP contribution is -2.46. The van der Waals surface area contributed by atoms with Crippen molar-refractivity contribution in [3.8, 4) is 0 Å². The second-order valence-corrected chi connectivity index (χ2v) is 4.67. The third kappa shape index (κ3) is 4.76. The Morgan fingerprint density at radius 2 is 2.10 bits per heavy atom. The lowest BCUT2D eigenvalue weighted by Gasteiger charge is -2.20. The molecule has 0 saturated carbocycles. The highest BCUT2D eigenvalue weighted by Crippen LogP contribution is 2.27. The molecule has 0 spiro atoms. The van der Waals surface area contributed by atoms with E-state index in [1.54, 1.807) is 13.8 Å². The number of amides is 1. The molecule has 21 heavy (non-hydrogen) atoms. The molecule has 9 heteroatoms. The van der Waals surface area contributed by atoms with Gasteiger partial charge < -0.3 is 10.4 Å². The largest absolute Gasteiger partial charge is 0.480 e. The standard InChI is InChI=1S/C12H16F3N3O3/c1-3-7(2)10(11(20)21)16-9(19)6-18-5-4-8(17-18)12(13,14)15/h4-5,7,10H,3,6H2,1-2H3,(H,16,19)(H,20,21). The maximum Gasteiger partial charge on any atom is 0.435 e. The number of carboxylic acids is 1. The number of hydrogen-bond donors (Lipinski definition) is 2. The number of carbonyl (C=O) groups is 2. The SMILES string of the molecule is CCC(C)C(NC(=O)Cn1ccc(C(F)(F)F)n1)C(=O)O. The molecule has 0 bridgehead atoms. The molecule has 0 saturated heterocycles. The van der Waals surface area contributed by atoms with Gasteiger partial charge in [-0.3, -0.25) is 9.48 Å². The van der Waals surface area contributed by atoms with Crippen LogP contribution in [0.1, 0.15) is 26.0 Å². The Kier molecular flexibility index (Phi) is 5.34. The third-order valence-electron chi connectivity index (χ3n) is 3.03. The number of nitrogens with one attached hydrogen (secondary N) is 1. The minimum Gasteiger partial charge on any atom is -0.480 e. The van der Waals surface area contributed by atoms with E-state index in [0.717, 1.165) is 16.9 Å². The van der Waals surface area contributed by atoms with Crippen LogP contribution in [0.4, 0.5) is 13.2 Å². The highest BCUT2D eigenvalue weighted by molar-refractivity contribution is 5.83. The molecule has 1 aromatic heterocycles. The van der Waals surface area contributed by atoms with Gasteiger partial charge >= 0.3 is 12.1 Å². The average molecular weight is 307 g/mol. The number of nitrogens with zero attached hydrogens (tertiary/aromatic N) is 2. The van der Waals surface area contributed by atoms with E-state index in [0.29, 0.717) is 6.42 Å². The lowest BCUT2D eigenvalue weighted by atomic mass is 9.99. The summed E-state index contributed by atoms with van der Waals surface area (Å²) in [5, 5.41) is 14.5. The molecule has 2 atom stereocenters. The van der Waals surface area contributed by atoms with Crippen LogP contribution in [-0.4, -0.2) is 32.8 Å². The van der Waals surface area contributed by atoms with Crippen LogP contribution in [-0.2, 0) is 22.3 Å². The molecule has 118 valence electrons. The second kappa shape index (κ2) is 6.59. The van der Waals surface area contributed by atoms with Crippen molar-refractivity contribution >= 4 is 11.9 Å². The van der Waals surface area contributed by atoms with Crippen molar-refractivity contribution in [3.63, 3.8) is 0 Å². The first kappa shape index (κ1) is 17.0. The Bertz CT molecular complexity index is 513. The molecular formula is C12H16F3N3O3. The van der Waals surface area contributed by atoms with E-state index < -0.39 is 36.3 Å². The molecule has 2 N–H and O–H groups in total. The predicted molar refractivity (Wildman–Crippen MR) is 66.3 cm³/mol. The zero-order valence-corrected chi connectivity index (χ0v) is 11.5. The molecule has 2 unspecified atom stereocenters. The fourth-order valence-electron chi connectivity index (χ4n) is 1.65. The third-order valence-corrected chi connectivity index (χ3v) is 3.03. The van der Waals surface area contributed by atoms with Gasteiger partial charge in [0.25, 0.3) is 0 Å². The van der Waals surface area contributed by atoms with Crippen LogP contribution >= 0.6 is 0 Å². The first-order valence-corrected chi connectivity index (χ1v) is 6.28. The second-order valence-electron chi connectivity index (χ2n) is 4.67. The number of aromatic nitrogens is 2. The summed E-state index contributed by atoms with van der Waals surface area (Å²) in [4.78, 5) is 22.7. The quantitative estimate of drug-likeness (QED) is 0.834. The molecular weight excluding hydrogens is 291 g/mol. The maximum absolute atomic E-state index is 12.4. The number of carboxylic acid groups (broad SMARTS) is 1. The van der Waals surface area contributed by atoms with Crippen LogP contribution in [0.5, 0.6) is 0 Å². The van der Waals surface area contributed by atoms with Crippen molar-refractivity contribution < 1.29 is 27.9 Å². The highest BCUT2D eigenvalue weighted by Gasteiger charge is 2.33. The average Bonchev–Trinajstić information content (AvgIpc) is 2.83. The molecule has 0 aliphatic heterocycles. The number of carbonyl (C=O) groups excluding carboxylic acids is 1. The number of halogens is 3. The van der Waals surface area contributed by atoms with Gasteiger partial charge in [-0.1, -0.05) is 20.3 Å². The Labute approximate surface area is 118 Å². The first-order chi connectivity index (χ1) is 9.65. The maximum atomic E-state index is 12.4. The zero-order chi connectivity index (χ0) is 16.2. The van der Waals surface area contributed by atoms with Gasteiger partial charge in [-0.25, -0.2) is 4.79 Å². The predicted octanol–water partition coefficient (Wildman–Crippen LogP) is 1.52. The molecule has 1 rings (SSSR count).